The minimum absolute atomic E-state index is 0.159. The van der Waals surface area contributed by atoms with E-state index >= 15 is 0 Å². The van der Waals surface area contributed by atoms with E-state index in [2.05, 4.69) is 32.9 Å². The van der Waals surface area contributed by atoms with Crippen molar-refractivity contribution in [1.82, 2.24) is 0 Å². The van der Waals surface area contributed by atoms with E-state index in [4.69, 9.17) is 10.9 Å². The summed E-state index contributed by atoms with van der Waals surface area (Å²) in [5.74, 6) is 0.848. The van der Waals surface area contributed by atoms with Crippen LogP contribution in [0.1, 0.15) is 18.9 Å². The third kappa shape index (κ3) is 2.54. The highest BCUT2D eigenvalue weighted by molar-refractivity contribution is 9.10. The second-order valence-electron chi connectivity index (χ2n) is 4.49. The van der Waals surface area contributed by atoms with E-state index in [0.29, 0.717) is 5.92 Å². The third-order valence-electron chi connectivity index (χ3n) is 3.11. The number of nitrogens with zero attached hydrogens (tertiary/aromatic N) is 2. The quantitative estimate of drug-likeness (QED) is 0.381. The number of hydrogen-bond acceptors (Lipinski definition) is 3. The van der Waals surface area contributed by atoms with Crippen LogP contribution >= 0.6 is 15.9 Å². The fourth-order valence-corrected chi connectivity index (χ4v) is 2.54. The molecule has 17 heavy (non-hydrogen) atoms. The first-order valence-electron chi connectivity index (χ1n) is 5.64. The first-order valence-corrected chi connectivity index (χ1v) is 6.43. The monoisotopic (exact) mass is 297 g/mol. The minimum atomic E-state index is 0.159. The summed E-state index contributed by atoms with van der Waals surface area (Å²) in [6.07, 6.45) is 1.18. The first kappa shape index (κ1) is 12.2. The van der Waals surface area contributed by atoms with Gasteiger partial charge in [0.2, 0.25) is 0 Å². The van der Waals surface area contributed by atoms with Crippen molar-refractivity contribution in [2.75, 3.05) is 18.0 Å². The van der Waals surface area contributed by atoms with Crippen LogP contribution in [0, 0.1) is 5.92 Å². The average Bonchev–Trinajstić information content (AvgIpc) is 2.75. The molecule has 0 spiro atoms. The largest absolute Gasteiger partial charge is 0.409 e. The van der Waals surface area contributed by atoms with Crippen molar-refractivity contribution >= 4 is 27.5 Å². The molecular formula is C12H16BrN3O. The van der Waals surface area contributed by atoms with Crippen LogP contribution in [0.2, 0.25) is 0 Å². The van der Waals surface area contributed by atoms with Gasteiger partial charge in [0.25, 0.3) is 0 Å². The molecule has 2 rings (SSSR count). The summed E-state index contributed by atoms with van der Waals surface area (Å²) in [5, 5.41) is 11.9. The molecule has 0 aromatic heterocycles. The lowest BCUT2D eigenvalue weighted by Crippen LogP contribution is -2.24. The molecule has 0 amide bonds. The highest BCUT2D eigenvalue weighted by atomic mass is 79.9. The zero-order valence-electron chi connectivity index (χ0n) is 9.73. The number of amidine groups is 1. The average molecular weight is 298 g/mol. The molecule has 1 saturated heterocycles. The number of halogens is 1. The lowest BCUT2D eigenvalue weighted by molar-refractivity contribution is 0.318. The topological polar surface area (TPSA) is 61.8 Å². The Balaban J connectivity index is 2.40. The lowest BCUT2D eigenvalue weighted by Gasteiger charge is -2.21. The molecule has 3 N–H and O–H groups in total. The lowest BCUT2D eigenvalue weighted by atomic mass is 10.1. The van der Waals surface area contributed by atoms with Crippen LogP contribution in [0.5, 0.6) is 0 Å². The van der Waals surface area contributed by atoms with Crippen molar-refractivity contribution in [1.29, 1.82) is 0 Å². The summed E-state index contributed by atoms with van der Waals surface area (Å²) in [6, 6.07) is 5.79. The van der Waals surface area contributed by atoms with Gasteiger partial charge < -0.3 is 15.8 Å². The van der Waals surface area contributed by atoms with E-state index in [1.54, 1.807) is 0 Å². The third-order valence-corrected chi connectivity index (χ3v) is 3.60. The SMILES string of the molecule is CC1CCN(c2cc(Br)ccc2/C(N)=N/O)C1. The molecular weight excluding hydrogens is 282 g/mol. The van der Waals surface area contributed by atoms with Crippen LogP contribution in [0.4, 0.5) is 5.69 Å². The zero-order chi connectivity index (χ0) is 12.4. The van der Waals surface area contributed by atoms with Gasteiger partial charge in [-0.25, -0.2) is 0 Å². The summed E-state index contributed by atoms with van der Waals surface area (Å²) in [4.78, 5) is 2.28. The Morgan fingerprint density at radius 2 is 2.35 bits per heavy atom. The number of rotatable bonds is 2. The van der Waals surface area contributed by atoms with E-state index in [-0.39, 0.29) is 5.84 Å². The Morgan fingerprint density at radius 3 is 2.94 bits per heavy atom. The van der Waals surface area contributed by atoms with Gasteiger partial charge in [-0.1, -0.05) is 28.0 Å². The molecule has 4 nitrogen and oxygen atoms in total. The molecule has 1 aromatic carbocycles. The molecule has 1 aliphatic heterocycles. The molecule has 0 bridgehead atoms. The first-order chi connectivity index (χ1) is 8.11. The van der Waals surface area contributed by atoms with E-state index < -0.39 is 0 Å². The second-order valence-corrected chi connectivity index (χ2v) is 5.40. The fourth-order valence-electron chi connectivity index (χ4n) is 2.19. The molecule has 0 saturated carbocycles. The standard InChI is InChI=1S/C12H16BrN3O/c1-8-4-5-16(7-8)11-6-9(13)2-3-10(11)12(14)15-17/h2-3,6,8,17H,4-5,7H2,1H3,(H2,14,15). The van der Waals surface area contributed by atoms with Crippen molar-refractivity contribution in [2.45, 2.75) is 13.3 Å². The number of benzene rings is 1. The van der Waals surface area contributed by atoms with Crippen LogP contribution in [0.25, 0.3) is 0 Å². The van der Waals surface area contributed by atoms with Crippen molar-refractivity contribution < 1.29 is 5.21 Å². The van der Waals surface area contributed by atoms with Gasteiger partial charge in [-0.2, -0.15) is 0 Å². The Hall–Kier alpha value is -1.23. The van der Waals surface area contributed by atoms with Gasteiger partial charge in [0.15, 0.2) is 5.84 Å². The van der Waals surface area contributed by atoms with Gasteiger partial charge in [0, 0.05) is 28.8 Å². The maximum absolute atomic E-state index is 8.81. The molecule has 5 heteroatoms. The van der Waals surface area contributed by atoms with Crippen LogP contribution in [-0.4, -0.2) is 24.1 Å². The smallest absolute Gasteiger partial charge is 0.172 e. The predicted octanol–water partition coefficient (Wildman–Crippen LogP) is 2.39. The second kappa shape index (κ2) is 4.96. The Kier molecular flexibility index (Phi) is 3.57. The molecule has 1 fully saturated rings. The Labute approximate surface area is 109 Å². The summed E-state index contributed by atoms with van der Waals surface area (Å²) >= 11 is 3.46. The van der Waals surface area contributed by atoms with Crippen LogP contribution in [-0.2, 0) is 0 Å². The Bertz CT molecular complexity index is 447. The zero-order valence-corrected chi connectivity index (χ0v) is 11.3. The van der Waals surface area contributed by atoms with Crippen LogP contribution in [0.3, 0.4) is 0 Å². The number of nitrogens with two attached hydrogens (primary N) is 1. The maximum Gasteiger partial charge on any atom is 0.172 e. The van der Waals surface area contributed by atoms with E-state index in [9.17, 15) is 0 Å². The van der Waals surface area contributed by atoms with Gasteiger partial charge in [-0.05, 0) is 30.5 Å². The van der Waals surface area contributed by atoms with E-state index in [0.717, 1.165) is 28.8 Å². The molecule has 1 unspecified atom stereocenters. The minimum Gasteiger partial charge on any atom is -0.409 e. The highest BCUT2D eigenvalue weighted by Crippen LogP contribution is 2.29. The number of anilines is 1. The molecule has 1 atom stereocenters. The van der Waals surface area contributed by atoms with Crippen LogP contribution in [0.15, 0.2) is 27.8 Å². The molecule has 1 aromatic rings. The van der Waals surface area contributed by atoms with Crippen molar-refractivity contribution in [2.24, 2.45) is 16.8 Å². The fraction of sp³-hybridized carbons (Fsp3) is 0.417. The Morgan fingerprint density at radius 1 is 1.59 bits per heavy atom. The molecule has 1 aliphatic rings. The number of oxime groups is 1. The van der Waals surface area contributed by atoms with Crippen molar-refractivity contribution in [3.63, 3.8) is 0 Å². The van der Waals surface area contributed by atoms with E-state index in [1.165, 1.54) is 6.42 Å². The van der Waals surface area contributed by atoms with Crippen molar-refractivity contribution in [3.8, 4) is 0 Å². The molecule has 0 aliphatic carbocycles. The van der Waals surface area contributed by atoms with Gasteiger partial charge in [-0.15, -0.1) is 0 Å². The summed E-state index contributed by atoms with van der Waals surface area (Å²) < 4.78 is 1.00. The predicted molar refractivity (Wildman–Crippen MR) is 72.6 cm³/mol. The summed E-state index contributed by atoms with van der Waals surface area (Å²) in [7, 11) is 0. The van der Waals surface area contributed by atoms with E-state index in [1.807, 2.05) is 18.2 Å². The highest BCUT2D eigenvalue weighted by Gasteiger charge is 2.22. The van der Waals surface area contributed by atoms with Gasteiger partial charge in [0.1, 0.15) is 0 Å². The van der Waals surface area contributed by atoms with Gasteiger partial charge in [-0.3, -0.25) is 0 Å². The number of hydrogen-bond donors (Lipinski definition) is 2. The summed E-state index contributed by atoms with van der Waals surface area (Å²) in [6.45, 7) is 4.27. The molecule has 92 valence electrons. The maximum atomic E-state index is 8.81. The summed E-state index contributed by atoms with van der Waals surface area (Å²) in [5.41, 5.74) is 7.51. The van der Waals surface area contributed by atoms with Gasteiger partial charge >= 0.3 is 0 Å². The molecule has 1 heterocycles. The van der Waals surface area contributed by atoms with Crippen LogP contribution < -0.4 is 10.6 Å². The van der Waals surface area contributed by atoms with Gasteiger partial charge in [0.05, 0.1) is 0 Å². The molecule has 0 radical (unpaired) electrons. The normalized spacial score (nSPS) is 20.9. The van der Waals surface area contributed by atoms with Crippen molar-refractivity contribution in [3.05, 3.63) is 28.2 Å².